The van der Waals surface area contributed by atoms with E-state index in [1.807, 2.05) is 13.8 Å². The van der Waals surface area contributed by atoms with Gasteiger partial charge in [-0.25, -0.2) is 14.3 Å². The lowest BCUT2D eigenvalue weighted by Gasteiger charge is -2.08. The minimum absolute atomic E-state index is 0.181. The highest BCUT2D eigenvalue weighted by atomic mass is 32.1. The molecule has 0 spiro atoms. The lowest BCUT2D eigenvalue weighted by Crippen LogP contribution is -2.30. The van der Waals surface area contributed by atoms with Gasteiger partial charge in [-0.15, -0.1) is 11.3 Å². The quantitative estimate of drug-likeness (QED) is 0.744. The fraction of sp³-hybridized carbons (Fsp3) is 0.579. The third kappa shape index (κ3) is 4.04. The highest BCUT2D eigenvalue weighted by Crippen LogP contribution is 2.34. The van der Waals surface area contributed by atoms with Crippen LogP contribution in [-0.2, 0) is 35.5 Å². The molecule has 9 heteroatoms. The number of fused-ring (bicyclic) bond motifs is 1. The van der Waals surface area contributed by atoms with Gasteiger partial charge < -0.3 is 10.1 Å². The molecular weight excluding hydrogens is 380 g/mol. The average Bonchev–Trinajstić information content (AvgIpc) is 2.99. The normalized spacial score (nSPS) is 13.7. The van der Waals surface area contributed by atoms with E-state index in [0.29, 0.717) is 23.5 Å². The Morgan fingerprint density at radius 3 is 2.75 bits per heavy atom. The standard InChI is InChI=1S/C19H26N4O4S/c1-4-13-12(3)28-17(16(13)18(25)27-5-2)20-15(24)11-23-19(26)22-10-8-6-7-9-14(22)21-23/h4-11H2,1-3H3,(H,20,24). The van der Waals surface area contributed by atoms with Crippen LogP contribution in [0.2, 0.25) is 0 Å². The second-order valence-corrected chi connectivity index (χ2v) is 8.01. The minimum Gasteiger partial charge on any atom is -0.462 e. The third-order valence-corrected chi connectivity index (χ3v) is 5.93. The first kappa shape index (κ1) is 20.3. The molecule has 0 fully saturated rings. The number of nitrogens with zero attached hydrogens (tertiary/aromatic N) is 3. The summed E-state index contributed by atoms with van der Waals surface area (Å²) in [6.45, 7) is 6.35. The fourth-order valence-corrected chi connectivity index (χ4v) is 4.69. The number of amides is 1. The second kappa shape index (κ2) is 8.72. The summed E-state index contributed by atoms with van der Waals surface area (Å²) < 4.78 is 8.03. The van der Waals surface area contributed by atoms with E-state index in [1.54, 1.807) is 11.5 Å². The van der Waals surface area contributed by atoms with E-state index < -0.39 is 5.97 Å². The first-order valence-corrected chi connectivity index (χ1v) is 10.5. The van der Waals surface area contributed by atoms with Crippen LogP contribution in [0.15, 0.2) is 4.79 Å². The van der Waals surface area contributed by atoms with Crippen molar-refractivity contribution in [2.45, 2.75) is 66.0 Å². The average molecular weight is 407 g/mol. The van der Waals surface area contributed by atoms with E-state index in [1.165, 1.54) is 16.0 Å². The number of thiophene rings is 1. The van der Waals surface area contributed by atoms with E-state index in [9.17, 15) is 14.4 Å². The molecule has 1 amide bonds. The van der Waals surface area contributed by atoms with Crippen molar-refractivity contribution in [1.29, 1.82) is 0 Å². The molecular formula is C19H26N4O4S. The molecule has 152 valence electrons. The number of esters is 1. The van der Waals surface area contributed by atoms with Crippen LogP contribution in [0.5, 0.6) is 0 Å². The van der Waals surface area contributed by atoms with Crippen molar-refractivity contribution in [3.63, 3.8) is 0 Å². The van der Waals surface area contributed by atoms with Crippen LogP contribution in [0.4, 0.5) is 5.00 Å². The lowest BCUT2D eigenvalue weighted by atomic mass is 10.1. The first-order chi connectivity index (χ1) is 13.5. The van der Waals surface area contributed by atoms with Gasteiger partial charge in [-0.2, -0.15) is 5.10 Å². The summed E-state index contributed by atoms with van der Waals surface area (Å²) in [5.41, 5.74) is 1.03. The molecule has 0 saturated carbocycles. The van der Waals surface area contributed by atoms with E-state index in [4.69, 9.17) is 4.74 Å². The van der Waals surface area contributed by atoms with Crippen LogP contribution in [0.1, 0.15) is 59.7 Å². The number of hydrogen-bond donors (Lipinski definition) is 1. The minimum atomic E-state index is -0.440. The van der Waals surface area contributed by atoms with Gasteiger partial charge in [0.2, 0.25) is 5.91 Å². The molecule has 0 radical (unpaired) electrons. The summed E-state index contributed by atoms with van der Waals surface area (Å²) in [5, 5.41) is 7.58. The summed E-state index contributed by atoms with van der Waals surface area (Å²) in [6.07, 6.45) is 4.44. The highest BCUT2D eigenvalue weighted by molar-refractivity contribution is 7.16. The molecule has 3 heterocycles. The number of anilines is 1. The van der Waals surface area contributed by atoms with Crippen molar-refractivity contribution < 1.29 is 14.3 Å². The molecule has 3 rings (SSSR count). The third-order valence-electron chi connectivity index (χ3n) is 4.87. The second-order valence-electron chi connectivity index (χ2n) is 6.78. The molecule has 8 nitrogen and oxygen atoms in total. The number of aromatic nitrogens is 3. The van der Waals surface area contributed by atoms with Gasteiger partial charge >= 0.3 is 11.7 Å². The maximum Gasteiger partial charge on any atom is 0.346 e. The number of ether oxygens (including phenoxy) is 1. The largest absolute Gasteiger partial charge is 0.462 e. The Bertz CT molecular complexity index is 941. The van der Waals surface area contributed by atoms with Gasteiger partial charge in [0.05, 0.1) is 12.2 Å². The zero-order chi connectivity index (χ0) is 20.3. The zero-order valence-electron chi connectivity index (χ0n) is 16.5. The topological polar surface area (TPSA) is 95.2 Å². The van der Waals surface area contributed by atoms with Crippen molar-refractivity contribution in [1.82, 2.24) is 14.3 Å². The van der Waals surface area contributed by atoms with E-state index in [-0.39, 0.29) is 24.7 Å². The molecule has 0 atom stereocenters. The summed E-state index contributed by atoms with van der Waals surface area (Å²) in [7, 11) is 0. The summed E-state index contributed by atoms with van der Waals surface area (Å²) >= 11 is 1.35. The van der Waals surface area contributed by atoms with Gasteiger partial charge in [0.15, 0.2) is 0 Å². The van der Waals surface area contributed by atoms with Crippen molar-refractivity contribution in [2.75, 3.05) is 11.9 Å². The predicted octanol–water partition coefficient (Wildman–Crippen LogP) is 2.52. The zero-order valence-corrected chi connectivity index (χ0v) is 17.4. The molecule has 28 heavy (non-hydrogen) atoms. The van der Waals surface area contributed by atoms with Crippen LogP contribution in [0.3, 0.4) is 0 Å². The SMILES string of the molecule is CCOC(=O)c1c(NC(=O)Cn2nc3n(c2=O)CCCCC3)sc(C)c1CC. The number of hydrogen-bond acceptors (Lipinski definition) is 6. The number of nitrogens with one attached hydrogen (secondary N) is 1. The number of carbonyl (C=O) groups excluding carboxylic acids is 2. The molecule has 1 N–H and O–H groups in total. The lowest BCUT2D eigenvalue weighted by molar-refractivity contribution is -0.116. The monoisotopic (exact) mass is 406 g/mol. The van der Waals surface area contributed by atoms with Crippen molar-refractivity contribution in [3.8, 4) is 0 Å². The maximum absolute atomic E-state index is 12.6. The van der Waals surface area contributed by atoms with Gasteiger partial charge in [0, 0.05) is 17.8 Å². The van der Waals surface area contributed by atoms with Crippen molar-refractivity contribution in [3.05, 3.63) is 32.3 Å². The highest BCUT2D eigenvalue weighted by Gasteiger charge is 2.24. The Hall–Kier alpha value is -2.42. The van der Waals surface area contributed by atoms with Gasteiger partial charge in [-0.3, -0.25) is 9.36 Å². The molecule has 0 bridgehead atoms. The Labute approximate surface area is 167 Å². The Morgan fingerprint density at radius 1 is 1.25 bits per heavy atom. The van der Waals surface area contributed by atoms with Gasteiger partial charge in [0.1, 0.15) is 17.4 Å². The van der Waals surface area contributed by atoms with Gasteiger partial charge in [-0.05, 0) is 38.7 Å². The Balaban J connectivity index is 1.81. The molecule has 1 aliphatic heterocycles. The fourth-order valence-electron chi connectivity index (χ4n) is 3.54. The molecule has 0 saturated heterocycles. The smallest absolute Gasteiger partial charge is 0.346 e. The molecule has 0 aliphatic carbocycles. The van der Waals surface area contributed by atoms with Crippen molar-refractivity contribution >= 4 is 28.2 Å². The van der Waals surface area contributed by atoms with Crippen LogP contribution in [0.25, 0.3) is 0 Å². The molecule has 2 aromatic heterocycles. The Kier molecular flexibility index (Phi) is 6.33. The summed E-state index contributed by atoms with van der Waals surface area (Å²) in [5.74, 6) is -0.0857. The number of rotatable bonds is 6. The molecule has 0 unspecified atom stereocenters. The van der Waals surface area contributed by atoms with Crippen LogP contribution in [-0.4, -0.2) is 32.8 Å². The van der Waals surface area contributed by atoms with Crippen LogP contribution < -0.4 is 11.0 Å². The maximum atomic E-state index is 12.6. The number of aryl methyl sites for hydroxylation is 2. The van der Waals surface area contributed by atoms with Gasteiger partial charge in [-0.1, -0.05) is 13.3 Å². The van der Waals surface area contributed by atoms with E-state index >= 15 is 0 Å². The number of carbonyl (C=O) groups is 2. The molecule has 1 aliphatic rings. The van der Waals surface area contributed by atoms with E-state index in [0.717, 1.165) is 41.9 Å². The summed E-state index contributed by atoms with van der Waals surface area (Å²) in [6, 6.07) is 0. The predicted molar refractivity (Wildman–Crippen MR) is 107 cm³/mol. The first-order valence-electron chi connectivity index (χ1n) is 9.72. The Morgan fingerprint density at radius 2 is 2.04 bits per heavy atom. The van der Waals surface area contributed by atoms with Crippen LogP contribution >= 0.6 is 11.3 Å². The van der Waals surface area contributed by atoms with Crippen LogP contribution in [0, 0.1) is 6.92 Å². The molecule has 0 aromatic carbocycles. The van der Waals surface area contributed by atoms with Crippen molar-refractivity contribution in [2.24, 2.45) is 0 Å². The summed E-state index contributed by atoms with van der Waals surface area (Å²) in [4.78, 5) is 38.5. The van der Waals surface area contributed by atoms with E-state index in [2.05, 4.69) is 10.4 Å². The molecule has 2 aromatic rings. The van der Waals surface area contributed by atoms with Gasteiger partial charge in [0.25, 0.3) is 0 Å².